The van der Waals surface area contributed by atoms with E-state index in [-0.39, 0.29) is 0 Å². The van der Waals surface area contributed by atoms with Gasteiger partial charge in [0.15, 0.2) is 5.79 Å². The minimum Gasteiger partial charge on any atom is -0.362 e. The molecular weight excluding hydrogens is 316 g/mol. The van der Waals surface area contributed by atoms with Crippen molar-refractivity contribution in [1.29, 1.82) is 0 Å². The number of rotatable bonds is 4. The van der Waals surface area contributed by atoms with Crippen LogP contribution < -0.4 is 0 Å². The first-order valence-corrected chi connectivity index (χ1v) is 8.71. The van der Waals surface area contributed by atoms with Gasteiger partial charge < -0.3 is 10.2 Å². The summed E-state index contributed by atoms with van der Waals surface area (Å²) in [6.45, 7) is 1.73. The molecule has 3 heteroatoms. The van der Waals surface area contributed by atoms with E-state index < -0.39 is 5.79 Å². The zero-order valence-electron chi connectivity index (χ0n) is 13.7. The minimum absolute atomic E-state index is 0.303. The molecule has 124 valence electrons. The Morgan fingerprint density at radius 3 is 1.42 bits per heavy atom. The standard InChI is InChI=1S/C12H10S.C9H12O2/c1-3-7-11(8-4-1)13-12-9-5-2-6-10-12;1-2-9(10,11)8-6-4-3-5-7-8/h1-10H;3-7,10-11H,2H2,1H3. The summed E-state index contributed by atoms with van der Waals surface area (Å²) in [4.78, 5) is 2.57. The van der Waals surface area contributed by atoms with Crippen LogP contribution in [0.25, 0.3) is 0 Å². The maximum absolute atomic E-state index is 9.35. The molecule has 0 fully saturated rings. The normalized spacial score (nSPS) is 10.6. The summed E-state index contributed by atoms with van der Waals surface area (Å²) in [6.07, 6.45) is 0.303. The fourth-order valence-electron chi connectivity index (χ4n) is 2.02. The Morgan fingerprint density at radius 2 is 1.04 bits per heavy atom. The van der Waals surface area contributed by atoms with Crippen LogP contribution in [0.1, 0.15) is 18.9 Å². The highest BCUT2D eigenvalue weighted by Crippen LogP contribution is 2.26. The number of aliphatic hydroxyl groups is 2. The molecule has 0 saturated heterocycles. The van der Waals surface area contributed by atoms with Crippen LogP contribution in [0.3, 0.4) is 0 Å². The summed E-state index contributed by atoms with van der Waals surface area (Å²) in [5.74, 6) is -1.67. The van der Waals surface area contributed by atoms with Gasteiger partial charge in [0.2, 0.25) is 0 Å². The second kappa shape index (κ2) is 9.28. The summed E-state index contributed by atoms with van der Waals surface area (Å²) in [6, 6.07) is 29.6. The van der Waals surface area contributed by atoms with Crippen LogP contribution in [0.2, 0.25) is 0 Å². The highest BCUT2D eigenvalue weighted by Gasteiger charge is 2.21. The van der Waals surface area contributed by atoms with E-state index in [0.29, 0.717) is 12.0 Å². The zero-order chi connectivity index (χ0) is 17.3. The molecule has 0 radical (unpaired) electrons. The van der Waals surface area contributed by atoms with Crippen LogP contribution in [0.5, 0.6) is 0 Å². The van der Waals surface area contributed by atoms with Crippen molar-refractivity contribution in [2.75, 3.05) is 0 Å². The van der Waals surface area contributed by atoms with E-state index in [1.165, 1.54) is 9.79 Å². The topological polar surface area (TPSA) is 40.5 Å². The monoisotopic (exact) mass is 338 g/mol. The van der Waals surface area contributed by atoms with Gasteiger partial charge in [-0.15, -0.1) is 0 Å². The summed E-state index contributed by atoms with van der Waals surface area (Å²) in [7, 11) is 0. The first kappa shape index (κ1) is 18.3. The molecule has 0 aromatic heterocycles. The molecule has 0 aliphatic carbocycles. The van der Waals surface area contributed by atoms with Gasteiger partial charge in [-0.05, 0) is 24.3 Å². The van der Waals surface area contributed by atoms with Gasteiger partial charge in [-0.2, -0.15) is 0 Å². The lowest BCUT2D eigenvalue weighted by Gasteiger charge is -2.19. The molecule has 0 heterocycles. The third kappa shape index (κ3) is 5.85. The molecule has 3 aromatic rings. The Morgan fingerprint density at radius 1 is 0.667 bits per heavy atom. The average Bonchev–Trinajstić information content (AvgIpc) is 2.65. The highest BCUT2D eigenvalue weighted by molar-refractivity contribution is 7.99. The van der Waals surface area contributed by atoms with Gasteiger partial charge in [0, 0.05) is 21.8 Å². The van der Waals surface area contributed by atoms with Gasteiger partial charge in [0.1, 0.15) is 0 Å². The van der Waals surface area contributed by atoms with Crippen molar-refractivity contribution in [3.05, 3.63) is 96.6 Å². The Bertz CT molecular complexity index is 660. The molecule has 0 unspecified atom stereocenters. The van der Waals surface area contributed by atoms with E-state index in [4.69, 9.17) is 0 Å². The van der Waals surface area contributed by atoms with E-state index in [1.54, 1.807) is 43.0 Å². The van der Waals surface area contributed by atoms with Crippen LogP contribution in [0, 0.1) is 0 Å². The molecule has 2 N–H and O–H groups in total. The lowest BCUT2D eigenvalue weighted by Crippen LogP contribution is -2.23. The first-order chi connectivity index (χ1) is 11.6. The highest BCUT2D eigenvalue weighted by atomic mass is 32.2. The molecule has 0 aliphatic heterocycles. The summed E-state index contributed by atoms with van der Waals surface area (Å²) < 4.78 is 0. The third-order valence-corrected chi connectivity index (χ3v) is 4.47. The molecule has 3 rings (SSSR count). The Hall–Kier alpha value is -2.07. The van der Waals surface area contributed by atoms with Crippen molar-refractivity contribution < 1.29 is 10.2 Å². The predicted octanol–water partition coefficient (Wildman–Crippen LogP) is 5.07. The molecule has 0 atom stereocenters. The molecule has 0 amide bonds. The van der Waals surface area contributed by atoms with E-state index in [9.17, 15) is 10.2 Å². The lowest BCUT2D eigenvalue weighted by molar-refractivity contribution is -0.171. The second-order valence-electron chi connectivity index (χ2n) is 5.26. The minimum atomic E-state index is -1.67. The quantitative estimate of drug-likeness (QED) is 0.652. The van der Waals surface area contributed by atoms with Crippen LogP contribution in [0.4, 0.5) is 0 Å². The van der Waals surface area contributed by atoms with Crippen LogP contribution in [-0.2, 0) is 5.79 Å². The van der Waals surface area contributed by atoms with Gasteiger partial charge in [0.25, 0.3) is 0 Å². The largest absolute Gasteiger partial charge is 0.362 e. The predicted molar refractivity (Wildman–Crippen MR) is 99.9 cm³/mol. The fourth-order valence-corrected chi connectivity index (χ4v) is 2.88. The van der Waals surface area contributed by atoms with Crippen molar-refractivity contribution in [2.24, 2.45) is 0 Å². The van der Waals surface area contributed by atoms with Gasteiger partial charge in [-0.25, -0.2) is 0 Å². The Balaban J connectivity index is 0.000000177. The van der Waals surface area contributed by atoms with Crippen LogP contribution in [-0.4, -0.2) is 10.2 Å². The average molecular weight is 338 g/mol. The van der Waals surface area contributed by atoms with Gasteiger partial charge in [-0.1, -0.05) is 85.4 Å². The zero-order valence-corrected chi connectivity index (χ0v) is 14.5. The van der Waals surface area contributed by atoms with E-state index >= 15 is 0 Å². The summed E-state index contributed by atoms with van der Waals surface area (Å²) in [5.41, 5.74) is 0.544. The Labute approximate surface area is 147 Å². The van der Waals surface area contributed by atoms with E-state index in [2.05, 4.69) is 48.5 Å². The number of hydrogen-bond donors (Lipinski definition) is 2. The van der Waals surface area contributed by atoms with Crippen LogP contribution >= 0.6 is 11.8 Å². The van der Waals surface area contributed by atoms with Crippen molar-refractivity contribution in [2.45, 2.75) is 28.9 Å². The first-order valence-electron chi connectivity index (χ1n) is 7.90. The fraction of sp³-hybridized carbons (Fsp3) is 0.143. The van der Waals surface area contributed by atoms with Crippen LogP contribution in [0.15, 0.2) is 101 Å². The number of hydrogen-bond acceptors (Lipinski definition) is 3. The molecule has 0 aliphatic rings. The maximum atomic E-state index is 9.35. The van der Waals surface area contributed by atoms with Crippen molar-refractivity contribution >= 4 is 11.8 Å². The van der Waals surface area contributed by atoms with Gasteiger partial charge >= 0.3 is 0 Å². The van der Waals surface area contributed by atoms with E-state index in [1.807, 2.05) is 18.2 Å². The Kier molecular flexibility index (Phi) is 7.07. The maximum Gasteiger partial charge on any atom is 0.189 e. The molecule has 0 spiro atoms. The molecule has 24 heavy (non-hydrogen) atoms. The van der Waals surface area contributed by atoms with Crippen molar-refractivity contribution in [3.8, 4) is 0 Å². The van der Waals surface area contributed by atoms with Gasteiger partial charge in [0.05, 0.1) is 0 Å². The van der Waals surface area contributed by atoms with E-state index in [0.717, 1.165) is 0 Å². The summed E-state index contributed by atoms with van der Waals surface area (Å²) >= 11 is 1.79. The molecule has 0 saturated carbocycles. The SMILES string of the molecule is CCC(O)(O)c1ccccc1.c1ccc(Sc2ccccc2)cc1. The number of benzene rings is 3. The molecule has 2 nitrogen and oxygen atoms in total. The van der Waals surface area contributed by atoms with Gasteiger partial charge in [-0.3, -0.25) is 0 Å². The van der Waals surface area contributed by atoms with Crippen molar-refractivity contribution in [1.82, 2.24) is 0 Å². The summed E-state index contributed by atoms with van der Waals surface area (Å²) in [5, 5.41) is 18.7. The van der Waals surface area contributed by atoms with Crippen molar-refractivity contribution in [3.63, 3.8) is 0 Å². The smallest absolute Gasteiger partial charge is 0.189 e. The molecule has 3 aromatic carbocycles. The third-order valence-electron chi connectivity index (χ3n) is 3.45. The lowest BCUT2D eigenvalue weighted by atomic mass is 10.0. The molecule has 0 bridgehead atoms. The molecular formula is C21H22O2S. The second-order valence-corrected chi connectivity index (χ2v) is 6.41.